The van der Waals surface area contributed by atoms with E-state index in [0.29, 0.717) is 6.79 Å². The van der Waals surface area contributed by atoms with Crippen molar-refractivity contribution in [3.63, 3.8) is 0 Å². The van der Waals surface area contributed by atoms with Crippen LogP contribution in [0.3, 0.4) is 0 Å². The molecule has 2 aliphatic heterocycles. The van der Waals surface area contributed by atoms with Crippen LogP contribution in [-0.4, -0.2) is 30.7 Å². The third kappa shape index (κ3) is 3.22. The first-order chi connectivity index (χ1) is 10.8. The highest BCUT2D eigenvalue weighted by Crippen LogP contribution is 2.36. The van der Waals surface area contributed by atoms with E-state index in [4.69, 9.17) is 9.47 Å². The van der Waals surface area contributed by atoms with Crippen LogP contribution in [-0.2, 0) is 12.8 Å². The topological polar surface area (TPSA) is 21.5 Å². The van der Waals surface area contributed by atoms with E-state index in [2.05, 4.69) is 54.1 Å². The molecular weight excluding hydrogens is 401 g/mol. The molecule has 0 bridgehead atoms. The Kier molecular flexibility index (Phi) is 4.90. The Balaban J connectivity index is 0.00000156. The zero-order valence-electron chi connectivity index (χ0n) is 13.2. The molecule has 2 aromatic rings. The summed E-state index contributed by atoms with van der Waals surface area (Å²) in [5.74, 6) is 1.77. The van der Waals surface area contributed by atoms with Gasteiger partial charge in [0, 0.05) is 18.4 Å². The van der Waals surface area contributed by atoms with E-state index < -0.39 is 0 Å². The van der Waals surface area contributed by atoms with Crippen molar-refractivity contribution in [2.24, 2.45) is 0 Å². The molecule has 0 amide bonds. The highest BCUT2D eigenvalue weighted by Gasteiger charge is 2.27. The molecule has 0 N–H and O–H groups in total. The molecule has 0 fully saturated rings. The molecule has 2 aliphatic rings. The van der Waals surface area contributed by atoms with Crippen LogP contribution in [0.25, 0.3) is 0 Å². The Bertz CT molecular complexity index is 741. The lowest BCUT2D eigenvalue weighted by Gasteiger charge is -2.17. The molecule has 0 saturated heterocycles. The molecule has 4 rings (SSSR count). The second-order valence-corrected chi connectivity index (χ2v) is 5.97. The Hall–Kier alpha value is -1.56. The van der Waals surface area contributed by atoms with Crippen molar-refractivity contribution < 1.29 is 38.0 Å². The number of fused-ring (bicyclic) bond motifs is 2. The van der Waals surface area contributed by atoms with E-state index in [1.54, 1.807) is 0 Å². The molecule has 0 unspecified atom stereocenters. The average molecular weight is 421 g/mol. The van der Waals surface area contributed by atoms with Gasteiger partial charge in [0.1, 0.15) is 13.6 Å². The molecule has 0 spiro atoms. The highest BCUT2D eigenvalue weighted by atomic mass is 127. The van der Waals surface area contributed by atoms with Crippen LogP contribution in [0.5, 0.6) is 11.5 Å². The minimum Gasteiger partial charge on any atom is -1.00 e. The van der Waals surface area contributed by atoms with Crippen LogP contribution in [0.4, 0.5) is 0 Å². The summed E-state index contributed by atoms with van der Waals surface area (Å²) in [6, 6.07) is 15.0. The predicted molar refractivity (Wildman–Crippen MR) is 86.2 cm³/mol. The first kappa shape index (κ1) is 16.3. The Morgan fingerprint density at radius 3 is 2.52 bits per heavy atom. The van der Waals surface area contributed by atoms with Gasteiger partial charge in [0.25, 0.3) is 0 Å². The van der Waals surface area contributed by atoms with Gasteiger partial charge < -0.3 is 33.5 Å². The lowest BCUT2D eigenvalue weighted by atomic mass is 9.92. The predicted octanol–water partition coefficient (Wildman–Crippen LogP) is 0.0396. The van der Waals surface area contributed by atoms with Crippen LogP contribution in [0.1, 0.15) is 23.1 Å². The fourth-order valence-electron chi connectivity index (χ4n) is 3.32. The van der Waals surface area contributed by atoms with Crippen molar-refractivity contribution in [3.8, 4) is 11.5 Å². The zero-order chi connectivity index (χ0) is 14.9. The van der Waals surface area contributed by atoms with Gasteiger partial charge in [-0.25, -0.2) is 4.58 Å². The maximum Gasteiger partial charge on any atom is 0.231 e. The summed E-state index contributed by atoms with van der Waals surface area (Å²) < 4.78 is 13.5. The summed E-state index contributed by atoms with van der Waals surface area (Å²) in [7, 11) is 2.19. The quantitative estimate of drug-likeness (QED) is 0.516. The minimum absolute atomic E-state index is 0. The summed E-state index contributed by atoms with van der Waals surface area (Å²) in [4.78, 5) is 0. The summed E-state index contributed by atoms with van der Waals surface area (Å²) in [6.07, 6.45) is 3.18. The van der Waals surface area contributed by atoms with Crippen molar-refractivity contribution in [3.05, 3.63) is 59.2 Å². The van der Waals surface area contributed by atoms with Crippen molar-refractivity contribution in [1.82, 2.24) is 0 Å². The van der Waals surface area contributed by atoms with Crippen LogP contribution in [0, 0.1) is 0 Å². The van der Waals surface area contributed by atoms with Crippen LogP contribution < -0.4 is 33.5 Å². The second-order valence-electron chi connectivity index (χ2n) is 5.97. The zero-order valence-corrected chi connectivity index (χ0v) is 15.4. The maximum absolute atomic E-state index is 5.56. The first-order valence-electron chi connectivity index (χ1n) is 7.85. The van der Waals surface area contributed by atoms with Crippen molar-refractivity contribution in [1.29, 1.82) is 0 Å². The lowest BCUT2D eigenvalue weighted by Crippen LogP contribution is -3.00. The highest BCUT2D eigenvalue weighted by molar-refractivity contribution is 5.99. The Morgan fingerprint density at radius 2 is 1.74 bits per heavy atom. The molecule has 23 heavy (non-hydrogen) atoms. The van der Waals surface area contributed by atoms with Crippen molar-refractivity contribution >= 4 is 5.71 Å². The van der Waals surface area contributed by atoms with Gasteiger partial charge in [-0.2, -0.15) is 0 Å². The lowest BCUT2D eigenvalue weighted by molar-refractivity contribution is -0.499. The molecule has 2 aromatic carbocycles. The summed E-state index contributed by atoms with van der Waals surface area (Å²) in [5, 5.41) is 0. The maximum atomic E-state index is 5.56. The third-order valence-electron chi connectivity index (χ3n) is 4.58. The van der Waals surface area contributed by atoms with Crippen molar-refractivity contribution in [2.75, 3.05) is 20.4 Å². The monoisotopic (exact) mass is 421 g/mol. The minimum atomic E-state index is 0. The number of likely N-dealkylation sites (N-methyl/N-ethyl adjacent to an activating group) is 1. The third-order valence-corrected chi connectivity index (χ3v) is 4.58. The number of aryl methyl sites for hydroxylation is 1. The van der Waals surface area contributed by atoms with E-state index in [0.717, 1.165) is 37.3 Å². The molecule has 0 aromatic heterocycles. The normalized spacial score (nSPS) is 15.2. The molecule has 0 atom stereocenters. The Morgan fingerprint density at radius 1 is 1.00 bits per heavy atom. The van der Waals surface area contributed by atoms with Gasteiger partial charge in [0.05, 0.1) is 0 Å². The van der Waals surface area contributed by atoms with Gasteiger partial charge in [-0.15, -0.1) is 0 Å². The first-order valence-corrected chi connectivity index (χ1v) is 7.85. The number of rotatable bonds is 3. The number of ether oxygens (including phenoxy) is 2. The summed E-state index contributed by atoms with van der Waals surface area (Å²) >= 11 is 0. The molecule has 0 aliphatic carbocycles. The summed E-state index contributed by atoms with van der Waals surface area (Å²) in [6.45, 7) is 1.41. The van der Waals surface area contributed by atoms with Gasteiger partial charge in [-0.05, 0) is 29.7 Å². The smallest absolute Gasteiger partial charge is 0.231 e. The fourth-order valence-corrected chi connectivity index (χ4v) is 3.32. The largest absolute Gasteiger partial charge is 1.00 e. The van der Waals surface area contributed by atoms with E-state index >= 15 is 0 Å². The number of benzene rings is 2. The van der Waals surface area contributed by atoms with Crippen LogP contribution in [0.15, 0.2) is 42.5 Å². The van der Waals surface area contributed by atoms with Gasteiger partial charge in [0.2, 0.25) is 6.79 Å². The molecular formula is C19H20INO2. The summed E-state index contributed by atoms with van der Waals surface area (Å²) in [5.41, 5.74) is 5.50. The van der Waals surface area contributed by atoms with E-state index in [1.807, 2.05) is 0 Å². The van der Waals surface area contributed by atoms with E-state index in [1.165, 1.54) is 22.4 Å². The van der Waals surface area contributed by atoms with Gasteiger partial charge in [-0.3, -0.25) is 0 Å². The number of hydrogen-bond donors (Lipinski definition) is 0. The number of nitrogens with zero attached hydrogens (tertiary/aromatic N) is 1. The molecule has 120 valence electrons. The van der Waals surface area contributed by atoms with Gasteiger partial charge in [0.15, 0.2) is 17.2 Å². The van der Waals surface area contributed by atoms with Crippen LogP contribution >= 0.6 is 0 Å². The van der Waals surface area contributed by atoms with Crippen LogP contribution in [0.2, 0.25) is 0 Å². The fraction of sp³-hybridized carbons (Fsp3) is 0.316. The standard InChI is InChI=1S/C19H20NO2.HI/c1-20-10-9-15-11-18-19(22-13-21-18)12-16(15)17(20)8-7-14-5-3-2-4-6-14;/h2-6,11-12H,7-10,13H2,1H3;1H/q+1;/p-1. The molecule has 2 heterocycles. The number of halogens is 1. The molecule has 0 radical (unpaired) electrons. The van der Waals surface area contributed by atoms with E-state index in [-0.39, 0.29) is 24.0 Å². The SMILES string of the molecule is C[N+]1=C(CCc2ccccc2)c2cc3c(cc2CC1)OCO3.[I-]. The van der Waals surface area contributed by atoms with E-state index in [9.17, 15) is 0 Å². The van der Waals surface area contributed by atoms with Crippen molar-refractivity contribution in [2.45, 2.75) is 19.3 Å². The molecule has 0 saturated carbocycles. The molecule has 3 nitrogen and oxygen atoms in total. The van der Waals surface area contributed by atoms with Gasteiger partial charge in [-0.1, -0.05) is 30.3 Å². The Labute approximate surface area is 154 Å². The second kappa shape index (κ2) is 6.91. The molecule has 4 heteroatoms. The number of hydrogen-bond acceptors (Lipinski definition) is 2. The average Bonchev–Trinajstić information content (AvgIpc) is 3.00. The van der Waals surface area contributed by atoms with Gasteiger partial charge >= 0.3 is 0 Å².